The minimum absolute atomic E-state index is 0.0364. The first kappa shape index (κ1) is 17.0. The maximum absolute atomic E-state index is 11.4. The summed E-state index contributed by atoms with van der Waals surface area (Å²) in [6.07, 6.45) is 0. The van der Waals surface area contributed by atoms with E-state index in [1.807, 2.05) is 31.2 Å². The Morgan fingerprint density at radius 3 is 2.50 bits per heavy atom. The number of anilines is 2. The van der Waals surface area contributed by atoms with Crippen molar-refractivity contribution in [3.05, 3.63) is 48.0 Å². The van der Waals surface area contributed by atoms with Gasteiger partial charge in [-0.05, 0) is 37.3 Å². The Bertz CT molecular complexity index is 1050. The summed E-state index contributed by atoms with van der Waals surface area (Å²) in [7, 11) is -3.75. The van der Waals surface area contributed by atoms with Crippen LogP contribution in [-0.2, 0) is 25.3 Å². The summed E-state index contributed by atoms with van der Waals surface area (Å²) >= 11 is 0. The fourth-order valence-corrected chi connectivity index (χ4v) is 3.44. The second-order valence-electron chi connectivity index (χ2n) is 6.15. The molecular formula is C17H18N4O4S. The Kier molecular flexibility index (Phi) is 3.96. The molecule has 4 rings (SSSR count). The van der Waals surface area contributed by atoms with Crippen LogP contribution in [0.4, 0.5) is 11.6 Å². The van der Waals surface area contributed by atoms with Gasteiger partial charge in [0.1, 0.15) is 0 Å². The first-order chi connectivity index (χ1) is 12.3. The fourth-order valence-electron chi connectivity index (χ4n) is 2.90. The Morgan fingerprint density at radius 1 is 1.15 bits per heavy atom. The lowest BCUT2D eigenvalue weighted by Crippen LogP contribution is -2.22. The zero-order valence-corrected chi connectivity index (χ0v) is 14.8. The van der Waals surface area contributed by atoms with Crippen LogP contribution in [0, 0.1) is 0 Å². The summed E-state index contributed by atoms with van der Waals surface area (Å²) in [5.74, 6) is -0.207. The predicted octanol–water partition coefficient (Wildman–Crippen LogP) is 2.17. The van der Waals surface area contributed by atoms with Crippen molar-refractivity contribution in [2.24, 2.45) is 5.14 Å². The highest BCUT2D eigenvalue weighted by Gasteiger charge is 2.32. The number of H-pyrrole nitrogens is 1. The van der Waals surface area contributed by atoms with E-state index in [1.165, 1.54) is 12.1 Å². The number of aromatic amines is 1. The van der Waals surface area contributed by atoms with Crippen molar-refractivity contribution in [1.29, 1.82) is 0 Å². The molecule has 0 saturated carbocycles. The van der Waals surface area contributed by atoms with Crippen LogP contribution in [0.2, 0.25) is 0 Å². The van der Waals surface area contributed by atoms with Gasteiger partial charge >= 0.3 is 0 Å². The smallest absolute Gasteiger partial charge is 0.238 e. The van der Waals surface area contributed by atoms with Gasteiger partial charge in [-0.1, -0.05) is 12.1 Å². The van der Waals surface area contributed by atoms with Gasteiger partial charge in [-0.2, -0.15) is 0 Å². The minimum atomic E-state index is -3.75. The average molecular weight is 374 g/mol. The van der Waals surface area contributed by atoms with Crippen molar-refractivity contribution in [3.63, 3.8) is 0 Å². The van der Waals surface area contributed by atoms with Crippen molar-refractivity contribution in [2.45, 2.75) is 17.6 Å². The highest BCUT2D eigenvalue weighted by atomic mass is 32.2. The number of hydrogen-bond acceptors (Lipinski definition) is 6. The van der Waals surface area contributed by atoms with Gasteiger partial charge in [0.15, 0.2) is 5.79 Å². The molecule has 9 heteroatoms. The number of imidazole rings is 1. The molecule has 26 heavy (non-hydrogen) atoms. The number of fused-ring (bicyclic) bond motifs is 1. The van der Waals surface area contributed by atoms with Gasteiger partial charge in [0.25, 0.3) is 0 Å². The molecule has 1 aromatic heterocycles. The van der Waals surface area contributed by atoms with Gasteiger partial charge in [-0.25, -0.2) is 18.5 Å². The number of primary sulfonamides is 1. The van der Waals surface area contributed by atoms with E-state index in [0.717, 1.165) is 11.3 Å². The lowest BCUT2D eigenvalue weighted by atomic mass is 10.1. The summed E-state index contributed by atoms with van der Waals surface area (Å²) in [6.45, 7) is 3.05. The van der Waals surface area contributed by atoms with Crippen molar-refractivity contribution >= 4 is 32.7 Å². The summed E-state index contributed by atoms with van der Waals surface area (Å²) < 4.78 is 34.2. The normalized spacial score (nSPS) is 16.8. The maximum Gasteiger partial charge on any atom is 0.238 e. The van der Waals surface area contributed by atoms with Crippen LogP contribution in [0.5, 0.6) is 0 Å². The van der Waals surface area contributed by atoms with E-state index in [9.17, 15) is 8.42 Å². The average Bonchev–Trinajstić information content (AvgIpc) is 3.20. The SMILES string of the molecule is CC1(c2ccc(Nc3nc4ccc(S(N)(=O)=O)cc4[nH]3)cc2)OCCO1. The zero-order chi connectivity index (χ0) is 18.4. The molecule has 4 N–H and O–H groups in total. The number of hydrogen-bond donors (Lipinski definition) is 3. The van der Waals surface area contributed by atoms with Crippen LogP contribution in [0.25, 0.3) is 11.0 Å². The van der Waals surface area contributed by atoms with Crippen LogP contribution in [0.1, 0.15) is 12.5 Å². The molecule has 136 valence electrons. The largest absolute Gasteiger partial charge is 0.344 e. The number of nitrogens with one attached hydrogen (secondary N) is 2. The number of rotatable bonds is 4. The number of nitrogens with zero attached hydrogens (tertiary/aromatic N) is 1. The Balaban J connectivity index is 1.57. The molecule has 0 radical (unpaired) electrons. The molecule has 0 unspecified atom stereocenters. The summed E-state index contributed by atoms with van der Waals surface area (Å²) in [6, 6.07) is 12.1. The van der Waals surface area contributed by atoms with E-state index in [-0.39, 0.29) is 4.90 Å². The Morgan fingerprint density at radius 2 is 1.85 bits per heavy atom. The van der Waals surface area contributed by atoms with E-state index in [4.69, 9.17) is 14.6 Å². The van der Waals surface area contributed by atoms with Crippen LogP contribution in [0.3, 0.4) is 0 Å². The summed E-state index contributed by atoms with van der Waals surface area (Å²) in [5.41, 5.74) is 2.97. The van der Waals surface area contributed by atoms with Crippen LogP contribution in [-0.4, -0.2) is 31.6 Å². The van der Waals surface area contributed by atoms with Crippen LogP contribution in [0.15, 0.2) is 47.4 Å². The van der Waals surface area contributed by atoms with Crippen LogP contribution >= 0.6 is 0 Å². The number of benzene rings is 2. The highest BCUT2D eigenvalue weighted by molar-refractivity contribution is 7.89. The number of nitrogens with two attached hydrogens (primary N) is 1. The van der Waals surface area contributed by atoms with E-state index in [2.05, 4.69) is 15.3 Å². The highest BCUT2D eigenvalue weighted by Crippen LogP contribution is 2.31. The topological polar surface area (TPSA) is 119 Å². The molecule has 0 amide bonds. The van der Waals surface area contributed by atoms with Crippen LogP contribution < -0.4 is 10.5 Å². The van der Waals surface area contributed by atoms with Gasteiger partial charge in [0, 0.05) is 11.3 Å². The zero-order valence-electron chi connectivity index (χ0n) is 14.0. The van der Waals surface area contributed by atoms with E-state index >= 15 is 0 Å². The Labute approximate surface area is 150 Å². The van der Waals surface area contributed by atoms with Gasteiger partial charge in [0.05, 0.1) is 29.1 Å². The van der Waals surface area contributed by atoms with Gasteiger partial charge in [0.2, 0.25) is 16.0 Å². The molecule has 2 heterocycles. The predicted molar refractivity (Wildman–Crippen MR) is 96.4 cm³/mol. The van der Waals surface area contributed by atoms with E-state index < -0.39 is 15.8 Å². The number of sulfonamides is 1. The number of ether oxygens (including phenoxy) is 2. The molecule has 0 spiro atoms. The minimum Gasteiger partial charge on any atom is -0.344 e. The van der Waals surface area contributed by atoms with Gasteiger partial charge in [-0.3, -0.25) is 0 Å². The van der Waals surface area contributed by atoms with Crippen molar-refractivity contribution in [3.8, 4) is 0 Å². The van der Waals surface area contributed by atoms with Crippen molar-refractivity contribution in [2.75, 3.05) is 18.5 Å². The molecule has 1 fully saturated rings. The molecular weight excluding hydrogens is 356 g/mol. The third kappa shape index (κ3) is 3.17. The van der Waals surface area contributed by atoms with Gasteiger partial charge in [-0.15, -0.1) is 0 Å². The fraction of sp³-hybridized carbons (Fsp3) is 0.235. The third-order valence-corrected chi connectivity index (χ3v) is 5.20. The maximum atomic E-state index is 11.4. The molecule has 1 aliphatic heterocycles. The number of aromatic nitrogens is 2. The molecule has 1 saturated heterocycles. The quantitative estimate of drug-likeness (QED) is 0.644. The summed E-state index contributed by atoms with van der Waals surface area (Å²) in [4.78, 5) is 7.47. The van der Waals surface area contributed by atoms with E-state index in [0.29, 0.717) is 30.2 Å². The molecule has 0 bridgehead atoms. The lowest BCUT2D eigenvalue weighted by molar-refractivity contribution is -0.149. The standard InChI is InChI=1S/C17H18N4O4S/c1-17(24-8-9-25-17)11-2-4-12(5-3-11)19-16-20-14-7-6-13(26(18,22)23)10-15(14)21-16/h2-7,10H,8-9H2,1H3,(H2,18,22,23)(H2,19,20,21). The molecule has 0 aliphatic carbocycles. The molecule has 2 aromatic carbocycles. The molecule has 3 aromatic rings. The monoisotopic (exact) mass is 374 g/mol. The first-order valence-electron chi connectivity index (χ1n) is 8.02. The second kappa shape index (κ2) is 6.06. The first-order valence-corrected chi connectivity index (χ1v) is 9.56. The lowest BCUT2D eigenvalue weighted by Gasteiger charge is -2.22. The van der Waals surface area contributed by atoms with Crippen molar-refractivity contribution < 1.29 is 17.9 Å². The molecule has 8 nitrogen and oxygen atoms in total. The van der Waals surface area contributed by atoms with E-state index in [1.54, 1.807) is 6.07 Å². The molecule has 0 atom stereocenters. The third-order valence-electron chi connectivity index (χ3n) is 4.29. The summed E-state index contributed by atoms with van der Waals surface area (Å²) in [5, 5.41) is 8.31. The van der Waals surface area contributed by atoms with Gasteiger partial charge < -0.3 is 19.8 Å². The molecule has 1 aliphatic rings. The van der Waals surface area contributed by atoms with Crippen molar-refractivity contribution in [1.82, 2.24) is 9.97 Å². The Hall–Kier alpha value is -2.46. The second-order valence-corrected chi connectivity index (χ2v) is 7.72.